The standard InChI is InChI=1S/C11H17NOS/c1-11(2,8-4-3-5-8)10(13)9-6-14-7-12-9/h6-8,10,13H,3-5H2,1-2H3. The number of hydrogen-bond donors (Lipinski definition) is 1. The van der Waals surface area contributed by atoms with Gasteiger partial charge in [0, 0.05) is 5.38 Å². The summed E-state index contributed by atoms with van der Waals surface area (Å²) >= 11 is 1.55. The van der Waals surface area contributed by atoms with Crippen molar-refractivity contribution in [2.75, 3.05) is 0 Å². The lowest BCUT2D eigenvalue weighted by Gasteiger charge is -2.43. The SMILES string of the molecule is CC(C)(C1CCC1)C(O)c1cscn1. The minimum absolute atomic E-state index is 0.0215. The first-order valence-electron chi connectivity index (χ1n) is 5.18. The Morgan fingerprint density at radius 3 is 2.71 bits per heavy atom. The monoisotopic (exact) mass is 211 g/mol. The van der Waals surface area contributed by atoms with Crippen molar-refractivity contribution in [1.82, 2.24) is 4.98 Å². The minimum atomic E-state index is -0.404. The summed E-state index contributed by atoms with van der Waals surface area (Å²) in [6.45, 7) is 4.31. The van der Waals surface area contributed by atoms with Gasteiger partial charge in [-0.1, -0.05) is 20.3 Å². The Labute approximate surface area is 89.0 Å². The molecule has 0 bridgehead atoms. The third-order valence-electron chi connectivity index (χ3n) is 3.59. The summed E-state index contributed by atoms with van der Waals surface area (Å²) in [6, 6.07) is 0. The summed E-state index contributed by atoms with van der Waals surface area (Å²) in [5, 5.41) is 12.2. The van der Waals surface area contributed by atoms with Crippen molar-refractivity contribution >= 4 is 11.3 Å². The normalized spacial score (nSPS) is 20.5. The van der Waals surface area contributed by atoms with E-state index < -0.39 is 6.10 Å². The van der Waals surface area contributed by atoms with Gasteiger partial charge < -0.3 is 5.11 Å². The van der Waals surface area contributed by atoms with Crippen LogP contribution in [0.4, 0.5) is 0 Å². The zero-order valence-corrected chi connectivity index (χ0v) is 9.55. The second-order valence-corrected chi connectivity index (χ2v) is 5.48. The van der Waals surface area contributed by atoms with Crippen LogP contribution >= 0.6 is 11.3 Å². The topological polar surface area (TPSA) is 33.1 Å². The van der Waals surface area contributed by atoms with E-state index in [1.807, 2.05) is 5.38 Å². The van der Waals surface area contributed by atoms with E-state index in [1.54, 1.807) is 16.8 Å². The molecule has 1 aromatic heterocycles. The quantitative estimate of drug-likeness (QED) is 0.833. The smallest absolute Gasteiger partial charge is 0.102 e. The Kier molecular flexibility index (Phi) is 2.62. The van der Waals surface area contributed by atoms with E-state index in [0.717, 1.165) is 5.69 Å². The predicted octanol–water partition coefficient (Wildman–Crippen LogP) is 3.00. The average molecular weight is 211 g/mol. The van der Waals surface area contributed by atoms with Gasteiger partial charge in [-0.05, 0) is 24.2 Å². The van der Waals surface area contributed by atoms with Crippen molar-refractivity contribution in [3.63, 3.8) is 0 Å². The highest BCUT2D eigenvalue weighted by molar-refractivity contribution is 7.07. The third kappa shape index (κ3) is 1.59. The molecule has 1 aliphatic carbocycles. The van der Waals surface area contributed by atoms with Crippen LogP contribution in [-0.2, 0) is 0 Å². The highest BCUT2D eigenvalue weighted by Gasteiger charge is 2.40. The Balaban J connectivity index is 2.12. The molecule has 1 aromatic rings. The maximum atomic E-state index is 10.2. The van der Waals surface area contributed by atoms with Crippen LogP contribution in [0.2, 0.25) is 0 Å². The number of aromatic nitrogens is 1. The van der Waals surface area contributed by atoms with Crippen LogP contribution in [-0.4, -0.2) is 10.1 Å². The van der Waals surface area contributed by atoms with Gasteiger partial charge in [-0.2, -0.15) is 0 Å². The molecule has 0 aliphatic heterocycles. The fourth-order valence-electron chi connectivity index (χ4n) is 2.11. The van der Waals surface area contributed by atoms with E-state index in [2.05, 4.69) is 18.8 Å². The number of aliphatic hydroxyl groups is 1. The molecule has 1 unspecified atom stereocenters. The molecule has 1 heterocycles. The maximum Gasteiger partial charge on any atom is 0.102 e. The Bertz CT molecular complexity index is 290. The van der Waals surface area contributed by atoms with Gasteiger partial charge in [0.05, 0.1) is 11.2 Å². The van der Waals surface area contributed by atoms with Crippen molar-refractivity contribution < 1.29 is 5.11 Å². The van der Waals surface area contributed by atoms with E-state index >= 15 is 0 Å². The number of rotatable bonds is 3. The molecule has 1 N–H and O–H groups in total. The average Bonchev–Trinajstić information content (AvgIpc) is 2.49. The van der Waals surface area contributed by atoms with Gasteiger partial charge in [0.25, 0.3) is 0 Å². The first-order chi connectivity index (χ1) is 6.62. The lowest BCUT2D eigenvalue weighted by Crippen LogP contribution is -2.35. The van der Waals surface area contributed by atoms with Crippen LogP contribution in [0.5, 0.6) is 0 Å². The summed E-state index contributed by atoms with van der Waals surface area (Å²) in [5.41, 5.74) is 2.61. The van der Waals surface area contributed by atoms with Gasteiger partial charge in [0.1, 0.15) is 6.10 Å². The lowest BCUT2D eigenvalue weighted by atomic mass is 9.64. The molecule has 2 rings (SSSR count). The Morgan fingerprint density at radius 1 is 1.57 bits per heavy atom. The van der Waals surface area contributed by atoms with Gasteiger partial charge >= 0.3 is 0 Å². The third-order valence-corrected chi connectivity index (χ3v) is 4.20. The van der Waals surface area contributed by atoms with Crippen LogP contribution in [0.3, 0.4) is 0 Å². The Morgan fingerprint density at radius 2 is 2.29 bits per heavy atom. The summed E-state index contributed by atoms with van der Waals surface area (Å²) in [5.74, 6) is 0.666. The predicted molar refractivity (Wildman–Crippen MR) is 58.2 cm³/mol. The zero-order valence-electron chi connectivity index (χ0n) is 8.73. The molecule has 0 amide bonds. The van der Waals surface area contributed by atoms with Crippen molar-refractivity contribution in [2.45, 2.75) is 39.2 Å². The second-order valence-electron chi connectivity index (χ2n) is 4.77. The van der Waals surface area contributed by atoms with Crippen LogP contribution in [0, 0.1) is 11.3 Å². The second kappa shape index (κ2) is 3.63. The molecule has 0 spiro atoms. The van der Waals surface area contributed by atoms with E-state index in [0.29, 0.717) is 5.92 Å². The summed E-state index contributed by atoms with van der Waals surface area (Å²) in [7, 11) is 0. The van der Waals surface area contributed by atoms with E-state index in [-0.39, 0.29) is 5.41 Å². The molecular weight excluding hydrogens is 194 g/mol. The molecule has 1 aliphatic rings. The number of aliphatic hydroxyl groups excluding tert-OH is 1. The summed E-state index contributed by atoms with van der Waals surface area (Å²) in [6.07, 6.45) is 3.43. The van der Waals surface area contributed by atoms with Crippen LogP contribution in [0.25, 0.3) is 0 Å². The molecule has 0 radical (unpaired) electrons. The number of thiazole rings is 1. The number of hydrogen-bond acceptors (Lipinski definition) is 3. The fraction of sp³-hybridized carbons (Fsp3) is 0.727. The van der Waals surface area contributed by atoms with Gasteiger partial charge in [-0.25, -0.2) is 4.98 Å². The lowest BCUT2D eigenvalue weighted by molar-refractivity contribution is -0.0263. The first-order valence-corrected chi connectivity index (χ1v) is 6.13. The van der Waals surface area contributed by atoms with E-state index in [4.69, 9.17) is 0 Å². The summed E-state index contributed by atoms with van der Waals surface area (Å²) in [4.78, 5) is 4.19. The van der Waals surface area contributed by atoms with Gasteiger partial charge in [-0.3, -0.25) is 0 Å². The van der Waals surface area contributed by atoms with Gasteiger partial charge in [0.2, 0.25) is 0 Å². The summed E-state index contributed by atoms with van der Waals surface area (Å²) < 4.78 is 0. The highest BCUT2D eigenvalue weighted by Crippen LogP contribution is 2.48. The molecule has 0 saturated heterocycles. The van der Waals surface area contributed by atoms with E-state index in [9.17, 15) is 5.11 Å². The van der Waals surface area contributed by atoms with Gasteiger partial charge in [0.15, 0.2) is 0 Å². The molecule has 0 aromatic carbocycles. The van der Waals surface area contributed by atoms with Crippen molar-refractivity contribution in [1.29, 1.82) is 0 Å². The highest BCUT2D eigenvalue weighted by atomic mass is 32.1. The minimum Gasteiger partial charge on any atom is -0.386 e. The first kappa shape index (κ1) is 10.1. The zero-order chi connectivity index (χ0) is 10.2. The molecule has 14 heavy (non-hydrogen) atoms. The largest absolute Gasteiger partial charge is 0.386 e. The van der Waals surface area contributed by atoms with Crippen molar-refractivity contribution in [2.24, 2.45) is 11.3 Å². The van der Waals surface area contributed by atoms with Crippen LogP contribution in [0.1, 0.15) is 44.9 Å². The van der Waals surface area contributed by atoms with Crippen molar-refractivity contribution in [3.8, 4) is 0 Å². The molecule has 1 atom stereocenters. The molecule has 3 heteroatoms. The molecule has 1 fully saturated rings. The molecule has 2 nitrogen and oxygen atoms in total. The maximum absolute atomic E-state index is 10.2. The molecule has 78 valence electrons. The number of nitrogens with zero attached hydrogens (tertiary/aromatic N) is 1. The fourth-order valence-corrected chi connectivity index (χ4v) is 2.69. The van der Waals surface area contributed by atoms with E-state index in [1.165, 1.54) is 19.3 Å². The van der Waals surface area contributed by atoms with Gasteiger partial charge in [-0.15, -0.1) is 11.3 Å². The van der Waals surface area contributed by atoms with Crippen LogP contribution < -0.4 is 0 Å². The Hall–Kier alpha value is -0.410. The molecule has 1 saturated carbocycles. The molecular formula is C11H17NOS. The van der Waals surface area contributed by atoms with Crippen LogP contribution in [0.15, 0.2) is 10.9 Å². The van der Waals surface area contributed by atoms with Crippen molar-refractivity contribution in [3.05, 3.63) is 16.6 Å².